The van der Waals surface area contributed by atoms with Gasteiger partial charge in [0.2, 0.25) is 0 Å². The van der Waals surface area contributed by atoms with Gasteiger partial charge in [0.1, 0.15) is 5.82 Å². The molecule has 1 fully saturated rings. The van der Waals surface area contributed by atoms with Crippen molar-refractivity contribution in [1.29, 1.82) is 0 Å². The normalized spacial score (nSPS) is 20.1. The van der Waals surface area contributed by atoms with Gasteiger partial charge in [0.05, 0.1) is 6.54 Å². The molecule has 3 nitrogen and oxygen atoms in total. The highest BCUT2D eigenvalue weighted by Crippen LogP contribution is 2.27. The van der Waals surface area contributed by atoms with Gasteiger partial charge in [-0.15, -0.1) is 0 Å². The number of para-hydroxylation sites is 1. The predicted molar refractivity (Wildman–Crippen MR) is 110 cm³/mol. The van der Waals surface area contributed by atoms with E-state index in [4.69, 9.17) is 0 Å². The van der Waals surface area contributed by atoms with Gasteiger partial charge in [0, 0.05) is 42.8 Å². The first kappa shape index (κ1) is 16.8. The van der Waals surface area contributed by atoms with Crippen LogP contribution in [0.5, 0.6) is 0 Å². The van der Waals surface area contributed by atoms with E-state index >= 15 is 0 Å². The van der Waals surface area contributed by atoms with E-state index in [9.17, 15) is 0 Å². The molecule has 0 bridgehead atoms. The maximum absolute atomic E-state index is 4.40. The minimum absolute atomic E-state index is 0.391. The zero-order valence-electron chi connectivity index (χ0n) is 15.9. The van der Waals surface area contributed by atoms with Gasteiger partial charge in [0.25, 0.3) is 0 Å². The van der Waals surface area contributed by atoms with Crippen molar-refractivity contribution < 1.29 is 0 Å². The molecule has 2 heterocycles. The molecule has 3 heteroatoms. The van der Waals surface area contributed by atoms with Gasteiger partial charge in [-0.1, -0.05) is 55.1 Å². The SMILES string of the molecule is C=C1CN(C2=c3ccccc3=CC(C)N2C)CCN1c1ccccc1C. The fraction of sp³-hybridized carbons (Fsp3) is 0.304. The van der Waals surface area contributed by atoms with Gasteiger partial charge in [-0.3, -0.25) is 0 Å². The van der Waals surface area contributed by atoms with Crippen molar-refractivity contribution >= 4 is 17.6 Å². The zero-order valence-corrected chi connectivity index (χ0v) is 15.9. The summed E-state index contributed by atoms with van der Waals surface area (Å²) in [6, 6.07) is 17.7. The van der Waals surface area contributed by atoms with Gasteiger partial charge in [-0.25, -0.2) is 0 Å². The number of nitrogens with zero attached hydrogens (tertiary/aromatic N) is 3. The standard InChI is InChI=1S/C23H27N3/c1-17-9-5-8-12-22(17)26-14-13-25(16-19(26)3)23-21-11-7-6-10-20(21)15-18(2)24(23)4/h5-12,15,18H,3,13-14,16H2,1-2,4H3. The van der Waals surface area contributed by atoms with Crippen molar-refractivity contribution in [3.63, 3.8) is 0 Å². The lowest BCUT2D eigenvalue weighted by molar-refractivity contribution is 0.292. The molecule has 0 aromatic heterocycles. The largest absolute Gasteiger partial charge is 0.355 e. The van der Waals surface area contributed by atoms with Crippen LogP contribution in [-0.4, -0.2) is 42.5 Å². The summed E-state index contributed by atoms with van der Waals surface area (Å²) in [5, 5.41) is 2.66. The van der Waals surface area contributed by atoms with Crippen LogP contribution in [0.25, 0.3) is 11.9 Å². The average Bonchev–Trinajstić information content (AvgIpc) is 2.63. The molecule has 2 aromatic carbocycles. The predicted octanol–water partition coefficient (Wildman–Crippen LogP) is 2.51. The maximum Gasteiger partial charge on any atom is 0.113 e. The zero-order chi connectivity index (χ0) is 18.3. The van der Waals surface area contributed by atoms with Crippen LogP contribution in [0, 0.1) is 6.92 Å². The van der Waals surface area contributed by atoms with Gasteiger partial charge in [-0.05, 0) is 30.7 Å². The molecule has 0 spiro atoms. The molecular formula is C23H27N3. The number of piperazine rings is 1. The van der Waals surface area contributed by atoms with Crippen molar-refractivity contribution in [2.24, 2.45) is 0 Å². The minimum Gasteiger partial charge on any atom is -0.355 e. The first-order valence-corrected chi connectivity index (χ1v) is 9.36. The van der Waals surface area contributed by atoms with E-state index in [0.29, 0.717) is 6.04 Å². The number of hydrogen-bond donors (Lipinski definition) is 0. The van der Waals surface area contributed by atoms with Gasteiger partial charge >= 0.3 is 0 Å². The number of fused-ring (bicyclic) bond motifs is 1. The lowest BCUT2D eigenvalue weighted by atomic mass is 10.1. The highest BCUT2D eigenvalue weighted by molar-refractivity contribution is 5.59. The molecule has 1 unspecified atom stereocenters. The Labute approximate surface area is 156 Å². The molecule has 0 amide bonds. The van der Waals surface area contributed by atoms with Crippen LogP contribution in [0.1, 0.15) is 12.5 Å². The molecule has 2 aliphatic heterocycles. The molecular weight excluding hydrogens is 318 g/mol. The number of benzene rings is 2. The number of aryl methyl sites for hydroxylation is 1. The molecule has 0 aliphatic carbocycles. The molecule has 2 aromatic rings. The Morgan fingerprint density at radius 2 is 1.73 bits per heavy atom. The quantitative estimate of drug-likeness (QED) is 0.828. The van der Waals surface area contributed by atoms with Crippen LogP contribution in [0.3, 0.4) is 0 Å². The van der Waals surface area contributed by atoms with Crippen LogP contribution in [0.15, 0.2) is 60.8 Å². The van der Waals surface area contributed by atoms with Crippen LogP contribution in [0.2, 0.25) is 0 Å². The fourth-order valence-electron chi connectivity index (χ4n) is 4.10. The van der Waals surface area contributed by atoms with E-state index in [1.807, 2.05) is 0 Å². The van der Waals surface area contributed by atoms with E-state index < -0.39 is 0 Å². The van der Waals surface area contributed by atoms with E-state index in [1.165, 1.54) is 27.5 Å². The van der Waals surface area contributed by atoms with E-state index in [0.717, 1.165) is 25.3 Å². The second-order valence-corrected chi connectivity index (χ2v) is 7.35. The van der Waals surface area contributed by atoms with Crippen LogP contribution < -0.4 is 15.3 Å². The third-order valence-electron chi connectivity index (χ3n) is 5.62. The summed E-state index contributed by atoms with van der Waals surface area (Å²) in [7, 11) is 2.20. The van der Waals surface area contributed by atoms with E-state index in [2.05, 4.69) is 96.8 Å². The monoisotopic (exact) mass is 345 g/mol. The van der Waals surface area contributed by atoms with E-state index in [-0.39, 0.29) is 0 Å². The first-order valence-electron chi connectivity index (χ1n) is 9.36. The summed E-state index contributed by atoms with van der Waals surface area (Å²) in [6.07, 6.45) is 2.34. The van der Waals surface area contributed by atoms with Crippen LogP contribution in [0.4, 0.5) is 5.69 Å². The molecule has 1 atom stereocenters. The molecule has 0 N–H and O–H groups in total. The highest BCUT2D eigenvalue weighted by atomic mass is 15.4. The Morgan fingerprint density at radius 1 is 1.00 bits per heavy atom. The third-order valence-corrected chi connectivity index (χ3v) is 5.62. The Bertz CT molecular complexity index is 959. The molecule has 2 aliphatic rings. The fourth-order valence-corrected chi connectivity index (χ4v) is 4.10. The van der Waals surface area contributed by atoms with Gasteiger partial charge < -0.3 is 14.7 Å². The summed E-state index contributed by atoms with van der Waals surface area (Å²) in [6.45, 7) is 11.6. The number of hydrogen-bond acceptors (Lipinski definition) is 3. The molecule has 4 rings (SSSR count). The summed E-state index contributed by atoms with van der Waals surface area (Å²) in [4.78, 5) is 7.25. The molecule has 0 radical (unpaired) electrons. The summed E-state index contributed by atoms with van der Waals surface area (Å²) in [5.41, 5.74) is 3.74. The van der Waals surface area contributed by atoms with Gasteiger partial charge in [0.15, 0.2) is 0 Å². The van der Waals surface area contributed by atoms with Crippen LogP contribution >= 0.6 is 0 Å². The van der Waals surface area contributed by atoms with Crippen molar-refractivity contribution in [2.75, 3.05) is 31.6 Å². The molecule has 26 heavy (non-hydrogen) atoms. The summed E-state index contributed by atoms with van der Waals surface area (Å²) < 4.78 is 0. The summed E-state index contributed by atoms with van der Waals surface area (Å²) >= 11 is 0. The average molecular weight is 345 g/mol. The molecule has 1 saturated heterocycles. The topological polar surface area (TPSA) is 9.72 Å². The lowest BCUT2D eigenvalue weighted by Crippen LogP contribution is -2.53. The van der Waals surface area contributed by atoms with Gasteiger partial charge in [-0.2, -0.15) is 0 Å². The molecule has 0 saturated carbocycles. The smallest absolute Gasteiger partial charge is 0.113 e. The Hall–Kier alpha value is -2.68. The molecule has 134 valence electrons. The number of anilines is 1. The van der Waals surface area contributed by atoms with Crippen molar-refractivity contribution in [1.82, 2.24) is 9.80 Å². The second-order valence-electron chi connectivity index (χ2n) is 7.35. The van der Waals surface area contributed by atoms with Crippen LogP contribution in [-0.2, 0) is 0 Å². The highest BCUT2D eigenvalue weighted by Gasteiger charge is 2.27. The summed E-state index contributed by atoms with van der Waals surface area (Å²) in [5.74, 6) is 1.32. The van der Waals surface area contributed by atoms with E-state index in [1.54, 1.807) is 0 Å². The maximum atomic E-state index is 4.40. The Morgan fingerprint density at radius 3 is 2.50 bits per heavy atom. The Balaban J connectivity index is 1.69. The number of rotatable bonds is 2. The second kappa shape index (κ2) is 6.56. The first-order chi connectivity index (χ1) is 12.6. The van der Waals surface area contributed by atoms with Crippen molar-refractivity contribution in [2.45, 2.75) is 19.9 Å². The lowest BCUT2D eigenvalue weighted by Gasteiger charge is -2.44. The van der Waals surface area contributed by atoms with Crippen molar-refractivity contribution in [3.05, 3.63) is 76.8 Å². The third kappa shape index (κ3) is 2.78. The van der Waals surface area contributed by atoms with Crippen molar-refractivity contribution in [3.8, 4) is 0 Å². The minimum atomic E-state index is 0.391. The Kier molecular flexibility index (Phi) is 4.23.